The molecular formula is C25H24FN5OS. The molecule has 0 saturated carbocycles. The maximum absolute atomic E-state index is 13.9. The zero-order valence-electron chi connectivity index (χ0n) is 18.5. The highest BCUT2D eigenvalue weighted by Gasteiger charge is 2.21. The molecule has 0 spiro atoms. The summed E-state index contributed by atoms with van der Waals surface area (Å²) in [4.78, 5) is 16.8. The van der Waals surface area contributed by atoms with E-state index >= 15 is 0 Å². The lowest BCUT2D eigenvalue weighted by Crippen LogP contribution is -2.15. The van der Waals surface area contributed by atoms with E-state index in [9.17, 15) is 9.18 Å². The highest BCUT2D eigenvalue weighted by molar-refractivity contribution is 7.99. The van der Waals surface area contributed by atoms with E-state index in [0.29, 0.717) is 11.0 Å². The molecule has 1 N–H and O–H groups in total. The first-order chi connectivity index (χ1) is 16.1. The quantitative estimate of drug-likeness (QED) is 0.359. The number of nitrogens with one attached hydrogen (secondary N) is 1. The molecule has 4 aromatic rings. The molecule has 2 aromatic heterocycles. The lowest BCUT2D eigenvalue weighted by molar-refractivity contribution is -0.113. The van der Waals surface area contributed by atoms with Gasteiger partial charge in [0.05, 0.1) is 17.1 Å². The van der Waals surface area contributed by atoms with Gasteiger partial charge in [-0.1, -0.05) is 55.9 Å². The van der Waals surface area contributed by atoms with Crippen molar-refractivity contribution < 1.29 is 9.18 Å². The maximum atomic E-state index is 13.9. The number of rotatable bonds is 8. The number of carbonyl (C=O) groups excluding carboxylic acids is 1. The molecule has 1 amide bonds. The summed E-state index contributed by atoms with van der Waals surface area (Å²) in [5, 5.41) is 12.1. The molecule has 0 unspecified atom stereocenters. The van der Waals surface area contributed by atoms with E-state index in [1.165, 1.54) is 23.9 Å². The predicted octanol–water partition coefficient (Wildman–Crippen LogP) is 5.32. The molecule has 2 aromatic carbocycles. The van der Waals surface area contributed by atoms with E-state index in [-0.39, 0.29) is 17.3 Å². The first-order valence-electron chi connectivity index (χ1n) is 10.8. The minimum absolute atomic E-state index is 0.0647. The number of hydrogen-bond acceptors (Lipinski definition) is 5. The van der Waals surface area contributed by atoms with Gasteiger partial charge in [0, 0.05) is 18.0 Å². The van der Waals surface area contributed by atoms with Gasteiger partial charge in [0.1, 0.15) is 5.82 Å². The van der Waals surface area contributed by atoms with Gasteiger partial charge < -0.3 is 5.32 Å². The second-order valence-corrected chi connectivity index (χ2v) is 8.27. The minimum atomic E-state index is -0.470. The van der Waals surface area contributed by atoms with E-state index < -0.39 is 5.82 Å². The number of pyridine rings is 1. The number of halogens is 1. The Morgan fingerprint density at radius 1 is 1.00 bits per heavy atom. The Balaban J connectivity index is 1.71. The standard InChI is InChI=1S/C25H24FN5OS/c1-3-17-9-7-10-18(4-2)23(17)31-24(19-11-8-14-27-15-19)29-30-25(31)33-16-22(32)28-21-13-6-5-12-20(21)26/h5-15H,3-4,16H2,1-2H3,(H,28,32). The molecule has 4 rings (SSSR count). The smallest absolute Gasteiger partial charge is 0.234 e. The Morgan fingerprint density at radius 2 is 1.76 bits per heavy atom. The summed E-state index contributed by atoms with van der Waals surface area (Å²) >= 11 is 1.26. The number of amides is 1. The number of anilines is 1. The Bertz CT molecular complexity index is 1240. The summed E-state index contributed by atoms with van der Waals surface area (Å²) in [7, 11) is 0. The van der Waals surface area contributed by atoms with Crippen LogP contribution in [0.4, 0.5) is 10.1 Å². The Kier molecular flexibility index (Phi) is 7.14. The SMILES string of the molecule is CCc1cccc(CC)c1-n1c(SCC(=O)Nc2ccccc2F)nnc1-c1cccnc1. The van der Waals surface area contributed by atoms with Gasteiger partial charge in [0.25, 0.3) is 0 Å². The molecule has 168 valence electrons. The number of benzene rings is 2. The Morgan fingerprint density at radius 3 is 2.42 bits per heavy atom. The third-order valence-electron chi connectivity index (χ3n) is 5.22. The van der Waals surface area contributed by atoms with Gasteiger partial charge in [-0.3, -0.25) is 14.3 Å². The van der Waals surface area contributed by atoms with Crippen LogP contribution in [0.2, 0.25) is 0 Å². The van der Waals surface area contributed by atoms with Crippen LogP contribution in [0.1, 0.15) is 25.0 Å². The molecule has 0 radical (unpaired) electrons. The third kappa shape index (κ3) is 4.96. The molecule has 33 heavy (non-hydrogen) atoms. The van der Waals surface area contributed by atoms with Crippen molar-refractivity contribution in [1.82, 2.24) is 19.7 Å². The Hall–Kier alpha value is -3.52. The summed E-state index contributed by atoms with van der Waals surface area (Å²) in [5.41, 5.74) is 4.35. The summed E-state index contributed by atoms with van der Waals surface area (Å²) in [6.45, 7) is 4.22. The van der Waals surface area contributed by atoms with Crippen LogP contribution in [0.25, 0.3) is 17.1 Å². The van der Waals surface area contributed by atoms with Crippen molar-refractivity contribution in [3.63, 3.8) is 0 Å². The number of nitrogens with zero attached hydrogens (tertiary/aromatic N) is 4. The van der Waals surface area contributed by atoms with E-state index in [0.717, 1.165) is 35.2 Å². The van der Waals surface area contributed by atoms with Gasteiger partial charge in [-0.2, -0.15) is 0 Å². The van der Waals surface area contributed by atoms with Crippen LogP contribution in [-0.2, 0) is 17.6 Å². The number of hydrogen-bond donors (Lipinski definition) is 1. The Labute approximate surface area is 196 Å². The van der Waals surface area contributed by atoms with Crippen LogP contribution in [-0.4, -0.2) is 31.4 Å². The van der Waals surface area contributed by atoms with Crippen LogP contribution in [0, 0.1) is 5.82 Å². The molecule has 0 atom stereocenters. The summed E-state index contributed by atoms with van der Waals surface area (Å²) in [6, 6.07) is 16.2. The summed E-state index contributed by atoms with van der Waals surface area (Å²) < 4.78 is 15.9. The average molecular weight is 462 g/mol. The molecule has 2 heterocycles. The van der Waals surface area contributed by atoms with Crippen molar-refractivity contribution in [1.29, 1.82) is 0 Å². The number of para-hydroxylation sites is 2. The van der Waals surface area contributed by atoms with Crippen LogP contribution >= 0.6 is 11.8 Å². The zero-order chi connectivity index (χ0) is 23.2. The predicted molar refractivity (Wildman–Crippen MR) is 129 cm³/mol. The molecule has 0 aliphatic rings. The lowest BCUT2D eigenvalue weighted by Gasteiger charge is -2.18. The van der Waals surface area contributed by atoms with Crippen molar-refractivity contribution in [2.75, 3.05) is 11.1 Å². The van der Waals surface area contributed by atoms with Crippen molar-refractivity contribution >= 4 is 23.4 Å². The van der Waals surface area contributed by atoms with Crippen molar-refractivity contribution in [2.45, 2.75) is 31.8 Å². The fraction of sp³-hybridized carbons (Fsp3) is 0.200. The van der Waals surface area contributed by atoms with Crippen molar-refractivity contribution in [2.24, 2.45) is 0 Å². The second kappa shape index (κ2) is 10.4. The minimum Gasteiger partial charge on any atom is -0.323 e. The van der Waals surface area contributed by atoms with Crippen LogP contribution in [0.5, 0.6) is 0 Å². The van der Waals surface area contributed by atoms with Crippen molar-refractivity contribution in [3.05, 3.63) is 83.9 Å². The first kappa shape index (κ1) is 22.7. The molecule has 6 nitrogen and oxygen atoms in total. The van der Waals surface area contributed by atoms with E-state index in [4.69, 9.17) is 0 Å². The molecule has 8 heteroatoms. The third-order valence-corrected chi connectivity index (χ3v) is 6.15. The summed E-state index contributed by atoms with van der Waals surface area (Å²) in [5.74, 6) is -0.0601. The first-order valence-corrected chi connectivity index (χ1v) is 11.7. The number of aromatic nitrogens is 4. The normalized spacial score (nSPS) is 10.9. The molecule has 0 aliphatic heterocycles. The summed E-state index contributed by atoms with van der Waals surface area (Å²) in [6.07, 6.45) is 5.14. The van der Waals surface area contributed by atoms with Gasteiger partial charge in [-0.15, -0.1) is 10.2 Å². The molecule has 0 bridgehead atoms. The second-order valence-electron chi connectivity index (χ2n) is 7.33. The fourth-order valence-corrected chi connectivity index (χ4v) is 4.37. The highest BCUT2D eigenvalue weighted by atomic mass is 32.2. The zero-order valence-corrected chi connectivity index (χ0v) is 19.3. The van der Waals surface area contributed by atoms with E-state index in [1.54, 1.807) is 24.5 Å². The van der Waals surface area contributed by atoms with E-state index in [2.05, 4.69) is 52.5 Å². The number of aryl methyl sites for hydroxylation is 2. The average Bonchev–Trinajstić information content (AvgIpc) is 3.27. The van der Waals surface area contributed by atoms with Crippen LogP contribution in [0.15, 0.2) is 72.1 Å². The monoisotopic (exact) mass is 461 g/mol. The van der Waals surface area contributed by atoms with Gasteiger partial charge in [0.2, 0.25) is 5.91 Å². The molecule has 0 fully saturated rings. The fourth-order valence-electron chi connectivity index (χ4n) is 3.63. The van der Waals surface area contributed by atoms with Crippen LogP contribution < -0.4 is 5.32 Å². The lowest BCUT2D eigenvalue weighted by atomic mass is 10.0. The maximum Gasteiger partial charge on any atom is 0.234 e. The van der Waals surface area contributed by atoms with Gasteiger partial charge in [0.15, 0.2) is 11.0 Å². The topological polar surface area (TPSA) is 72.7 Å². The molecule has 0 aliphatic carbocycles. The molecular weight excluding hydrogens is 437 g/mol. The largest absolute Gasteiger partial charge is 0.323 e. The number of carbonyl (C=O) groups is 1. The molecule has 0 saturated heterocycles. The van der Waals surface area contributed by atoms with Gasteiger partial charge in [-0.25, -0.2) is 4.39 Å². The van der Waals surface area contributed by atoms with E-state index in [1.807, 2.05) is 16.7 Å². The number of thioether (sulfide) groups is 1. The van der Waals surface area contributed by atoms with Crippen molar-refractivity contribution in [3.8, 4) is 17.1 Å². The van der Waals surface area contributed by atoms with Gasteiger partial charge in [-0.05, 0) is 48.2 Å². The van der Waals surface area contributed by atoms with Gasteiger partial charge >= 0.3 is 0 Å². The highest BCUT2D eigenvalue weighted by Crippen LogP contribution is 2.32. The van der Waals surface area contributed by atoms with Crippen LogP contribution in [0.3, 0.4) is 0 Å².